The molecule has 0 N–H and O–H groups in total. The Morgan fingerprint density at radius 2 is 1.97 bits per heavy atom. The molecule has 0 spiro atoms. The number of likely N-dealkylation sites (tertiary alicyclic amines) is 1. The van der Waals surface area contributed by atoms with Crippen LogP contribution in [0.25, 0.3) is 11.0 Å². The molecule has 5 heterocycles. The van der Waals surface area contributed by atoms with E-state index < -0.39 is 0 Å². The molecule has 5 rings (SSSR count). The monoisotopic (exact) mass is 406 g/mol. The fourth-order valence-electron chi connectivity index (χ4n) is 4.58. The second-order valence-electron chi connectivity index (χ2n) is 8.48. The highest BCUT2D eigenvalue weighted by Gasteiger charge is 2.30. The second-order valence-corrected chi connectivity index (χ2v) is 9.90. The summed E-state index contributed by atoms with van der Waals surface area (Å²) in [5.41, 5.74) is 5.57. The van der Waals surface area contributed by atoms with Gasteiger partial charge in [0.15, 0.2) is 0 Å². The van der Waals surface area contributed by atoms with Crippen molar-refractivity contribution in [3.63, 3.8) is 0 Å². The molecule has 2 atom stereocenters. The van der Waals surface area contributed by atoms with Crippen LogP contribution >= 0.6 is 8.58 Å². The molecule has 0 radical (unpaired) electrons. The highest BCUT2D eigenvalue weighted by atomic mass is 31.1. The molecule has 0 aromatic carbocycles. The summed E-state index contributed by atoms with van der Waals surface area (Å²) < 4.78 is 2.08. The highest BCUT2D eigenvalue weighted by molar-refractivity contribution is 7.51. The molecular weight excluding hydrogens is 379 g/mol. The van der Waals surface area contributed by atoms with Crippen LogP contribution in [-0.2, 0) is 4.79 Å². The molecule has 1 fully saturated rings. The first-order valence-electron chi connectivity index (χ1n) is 10.3. The minimum Gasteiger partial charge on any atom is -0.306 e. The van der Waals surface area contributed by atoms with Crippen LogP contribution in [0.3, 0.4) is 0 Å². The first-order chi connectivity index (χ1) is 14.0. The normalized spacial score (nSPS) is 24.2. The van der Waals surface area contributed by atoms with Gasteiger partial charge in [0.25, 0.3) is 5.91 Å². The maximum atomic E-state index is 13.0. The summed E-state index contributed by atoms with van der Waals surface area (Å²) in [5, 5.41) is 1.13. The van der Waals surface area contributed by atoms with Crippen molar-refractivity contribution in [1.82, 2.24) is 19.2 Å². The molecule has 3 aliphatic rings. The number of nitrogens with zero attached hydrogens (tertiary/aromatic N) is 4. The third-order valence-electron chi connectivity index (χ3n) is 6.24. The molecule has 2 aromatic heterocycles. The minimum atomic E-state index is 0.0955. The van der Waals surface area contributed by atoms with Crippen LogP contribution in [0.4, 0.5) is 0 Å². The van der Waals surface area contributed by atoms with Crippen molar-refractivity contribution in [3.05, 3.63) is 65.3 Å². The summed E-state index contributed by atoms with van der Waals surface area (Å²) in [6, 6.07) is 2.16. The zero-order valence-electron chi connectivity index (χ0n) is 17.2. The molecule has 2 unspecified atom stereocenters. The van der Waals surface area contributed by atoms with E-state index in [-0.39, 0.29) is 11.7 Å². The average Bonchev–Trinajstić information content (AvgIpc) is 3.09. The van der Waals surface area contributed by atoms with E-state index in [0.29, 0.717) is 14.5 Å². The van der Waals surface area contributed by atoms with Gasteiger partial charge in [-0.05, 0) is 80.8 Å². The number of rotatable bonds is 2. The van der Waals surface area contributed by atoms with Crippen LogP contribution in [0.5, 0.6) is 0 Å². The van der Waals surface area contributed by atoms with Crippen molar-refractivity contribution >= 4 is 25.4 Å². The van der Waals surface area contributed by atoms with Crippen LogP contribution < -0.4 is 0 Å². The second kappa shape index (κ2) is 7.23. The van der Waals surface area contributed by atoms with Gasteiger partial charge < -0.3 is 14.2 Å². The summed E-state index contributed by atoms with van der Waals surface area (Å²) in [6.45, 7) is 6.36. The van der Waals surface area contributed by atoms with Gasteiger partial charge in [0.2, 0.25) is 0 Å². The number of allylic oxidation sites excluding steroid dienone is 2. The van der Waals surface area contributed by atoms with Gasteiger partial charge in [0.1, 0.15) is 5.65 Å². The molecule has 6 heteroatoms. The Morgan fingerprint density at radius 1 is 1.17 bits per heavy atom. The number of piperidine rings is 1. The molecule has 3 aliphatic heterocycles. The fourth-order valence-corrected chi connectivity index (χ4v) is 5.95. The fraction of sp³-hybridized carbons (Fsp3) is 0.391. The molecule has 0 aliphatic carbocycles. The number of aryl methyl sites for hydroxylation is 2. The van der Waals surface area contributed by atoms with Gasteiger partial charge in [0.05, 0.1) is 11.5 Å². The Kier molecular flexibility index (Phi) is 4.68. The van der Waals surface area contributed by atoms with Crippen molar-refractivity contribution in [2.24, 2.45) is 5.92 Å². The summed E-state index contributed by atoms with van der Waals surface area (Å²) >= 11 is 0. The van der Waals surface area contributed by atoms with Gasteiger partial charge in [-0.3, -0.25) is 4.79 Å². The summed E-state index contributed by atoms with van der Waals surface area (Å²) in [6.07, 6.45) is 15.0. The Hall–Kier alpha value is -2.23. The van der Waals surface area contributed by atoms with E-state index in [1.807, 2.05) is 24.1 Å². The molecule has 1 amide bonds. The van der Waals surface area contributed by atoms with Gasteiger partial charge in [0, 0.05) is 24.7 Å². The SMILES string of the molecule is Cc1cn2cc(C3=CC(=O)N4C=C(C5CCN(C)CC5)C=CC4P3)cc(C)c2n1. The number of pyridine rings is 1. The van der Waals surface area contributed by atoms with Crippen LogP contribution in [0.15, 0.2) is 48.5 Å². The largest absolute Gasteiger partial charge is 0.306 e. The van der Waals surface area contributed by atoms with Crippen LogP contribution in [0.1, 0.15) is 29.7 Å². The Labute approximate surface area is 173 Å². The van der Waals surface area contributed by atoms with E-state index in [1.165, 1.54) is 18.4 Å². The van der Waals surface area contributed by atoms with Crippen LogP contribution in [0.2, 0.25) is 0 Å². The zero-order chi connectivity index (χ0) is 20.1. The van der Waals surface area contributed by atoms with Crippen molar-refractivity contribution in [2.45, 2.75) is 32.5 Å². The smallest absolute Gasteiger partial charge is 0.252 e. The first-order valence-corrected chi connectivity index (χ1v) is 11.4. The lowest BCUT2D eigenvalue weighted by atomic mass is 9.88. The summed E-state index contributed by atoms with van der Waals surface area (Å²) in [4.78, 5) is 21.9. The number of amides is 1. The Morgan fingerprint density at radius 3 is 2.76 bits per heavy atom. The number of carbonyl (C=O) groups is 1. The molecule has 29 heavy (non-hydrogen) atoms. The van der Waals surface area contributed by atoms with Crippen LogP contribution in [-0.4, -0.2) is 51.0 Å². The third-order valence-corrected chi connectivity index (χ3v) is 7.75. The lowest BCUT2D eigenvalue weighted by Gasteiger charge is -2.37. The molecule has 0 bridgehead atoms. The van der Waals surface area contributed by atoms with E-state index in [4.69, 9.17) is 0 Å². The molecule has 1 saturated heterocycles. The quantitative estimate of drug-likeness (QED) is 0.710. The van der Waals surface area contributed by atoms with E-state index in [1.54, 1.807) is 0 Å². The summed E-state index contributed by atoms with van der Waals surface area (Å²) in [7, 11) is 2.73. The molecule has 0 saturated carbocycles. The Bertz CT molecular complexity index is 1070. The number of carbonyl (C=O) groups excluding carboxylic acids is 1. The number of imidazole rings is 1. The van der Waals surface area contributed by atoms with E-state index >= 15 is 0 Å². The van der Waals surface area contributed by atoms with Gasteiger partial charge in [-0.25, -0.2) is 4.98 Å². The van der Waals surface area contributed by atoms with Gasteiger partial charge in [-0.1, -0.05) is 20.7 Å². The summed E-state index contributed by atoms with van der Waals surface area (Å²) in [5.74, 6) is 0.801. The third kappa shape index (κ3) is 3.47. The van der Waals surface area contributed by atoms with E-state index in [9.17, 15) is 4.79 Å². The van der Waals surface area contributed by atoms with E-state index in [0.717, 1.165) is 40.9 Å². The lowest BCUT2D eigenvalue weighted by molar-refractivity contribution is -0.123. The lowest BCUT2D eigenvalue weighted by Crippen LogP contribution is -2.37. The number of hydrogen-bond donors (Lipinski definition) is 0. The predicted octanol–water partition coefficient (Wildman–Crippen LogP) is 3.93. The van der Waals surface area contributed by atoms with Crippen LogP contribution in [0, 0.1) is 19.8 Å². The number of fused-ring (bicyclic) bond motifs is 2. The molecule has 5 nitrogen and oxygen atoms in total. The predicted molar refractivity (Wildman–Crippen MR) is 119 cm³/mol. The highest BCUT2D eigenvalue weighted by Crippen LogP contribution is 2.45. The van der Waals surface area contributed by atoms with Crippen molar-refractivity contribution in [1.29, 1.82) is 0 Å². The minimum absolute atomic E-state index is 0.0955. The van der Waals surface area contributed by atoms with Crippen molar-refractivity contribution in [3.8, 4) is 0 Å². The molecule has 150 valence electrons. The Balaban J connectivity index is 1.42. The number of hydrogen-bond acceptors (Lipinski definition) is 3. The van der Waals surface area contributed by atoms with Gasteiger partial charge in [-0.15, -0.1) is 0 Å². The van der Waals surface area contributed by atoms with Gasteiger partial charge >= 0.3 is 0 Å². The van der Waals surface area contributed by atoms with Gasteiger partial charge in [-0.2, -0.15) is 0 Å². The topological polar surface area (TPSA) is 40.9 Å². The maximum Gasteiger partial charge on any atom is 0.252 e. The first kappa shape index (κ1) is 18.8. The average molecular weight is 406 g/mol. The maximum absolute atomic E-state index is 13.0. The standard InChI is InChI=1S/C23H27N4OP/c1-15-10-19(13-26-12-16(2)24-23(15)26)20-11-21(28)27-14-18(4-5-22(27)29-20)17-6-8-25(3)9-7-17/h4-5,10-14,17,22,29H,6-9H2,1-3H3. The zero-order valence-corrected chi connectivity index (χ0v) is 18.2. The van der Waals surface area contributed by atoms with Crippen molar-refractivity contribution < 1.29 is 4.79 Å². The molecule has 2 aromatic rings. The van der Waals surface area contributed by atoms with Crippen molar-refractivity contribution in [2.75, 3.05) is 20.1 Å². The molecular formula is C23H27N4OP. The van der Waals surface area contributed by atoms with E-state index in [2.05, 4.69) is 58.9 Å². The number of aromatic nitrogens is 2.